The van der Waals surface area contributed by atoms with Crippen LogP contribution in [-0.2, 0) is 12.8 Å². The summed E-state index contributed by atoms with van der Waals surface area (Å²) >= 11 is 0. The van der Waals surface area contributed by atoms with Crippen LogP contribution in [0.25, 0.3) is 0 Å². The number of allylic oxidation sites excluding steroid dienone is 1. The van der Waals surface area contributed by atoms with Crippen LogP contribution < -0.4 is 0 Å². The van der Waals surface area contributed by atoms with E-state index in [1.165, 1.54) is 36.8 Å². The van der Waals surface area contributed by atoms with Gasteiger partial charge in [0.2, 0.25) is 0 Å². The van der Waals surface area contributed by atoms with E-state index in [9.17, 15) is 0 Å². The number of unbranched alkanes of at least 4 members (excludes halogenated alkanes) is 2. The summed E-state index contributed by atoms with van der Waals surface area (Å²) in [7, 11) is 0. The highest BCUT2D eigenvalue weighted by Crippen LogP contribution is 2.18. The van der Waals surface area contributed by atoms with Crippen LogP contribution in [0.3, 0.4) is 0 Å². The van der Waals surface area contributed by atoms with Crippen molar-refractivity contribution in [3.05, 3.63) is 47.5 Å². The largest absolute Gasteiger partial charge is 0.103 e. The molecule has 0 bridgehead atoms. The quantitative estimate of drug-likeness (QED) is 0.472. The van der Waals surface area contributed by atoms with Crippen molar-refractivity contribution >= 4 is 0 Å². The van der Waals surface area contributed by atoms with Crippen molar-refractivity contribution in [1.82, 2.24) is 0 Å². The molecule has 0 saturated heterocycles. The van der Waals surface area contributed by atoms with Gasteiger partial charge in [-0.05, 0) is 42.9 Å². The Morgan fingerprint density at radius 1 is 1.27 bits per heavy atom. The molecule has 0 aliphatic rings. The molecule has 0 aliphatic carbocycles. The molecule has 0 heteroatoms. The van der Waals surface area contributed by atoms with Gasteiger partial charge in [0.1, 0.15) is 0 Å². The molecule has 82 valence electrons. The zero-order valence-electron chi connectivity index (χ0n) is 10.1. The smallest absolute Gasteiger partial charge is 0.00973 e. The van der Waals surface area contributed by atoms with Gasteiger partial charge in [-0.3, -0.25) is 0 Å². The maximum Gasteiger partial charge on any atom is -0.00973 e. The second-order valence-electron chi connectivity index (χ2n) is 4.16. The second-order valence-corrected chi connectivity index (χ2v) is 4.16. The Bertz CT molecular complexity index is 310. The highest BCUT2D eigenvalue weighted by atomic mass is 14.1. The third kappa shape index (κ3) is 3.54. The molecule has 0 saturated carbocycles. The lowest BCUT2D eigenvalue weighted by molar-refractivity contribution is 0.712. The normalized spacial score (nSPS) is 10.3. The lowest BCUT2D eigenvalue weighted by atomic mass is 9.95. The summed E-state index contributed by atoms with van der Waals surface area (Å²) in [5.41, 5.74) is 4.44. The van der Waals surface area contributed by atoms with Gasteiger partial charge in [-0.2, -0.15) is 0 Å². The zero-order chi connectivity index (χ0) is 11.1. The van der Waals surface area contributed by atoms with Crippen LogP contribution in [0.2, 0.25) is 0 Å². The monoisotopic (exact) mass is 202 g/mol. The molecule has 1 rings (SSSR count). The Labute approximate surface area is 94.0 Å². The van der Waals surface area contributed by atoms with Crippen molar-refractivity contribution < 1.29 is 0 Å². The van der Waals surface area contributed by atoms with Crippen molar-refractivity contribution in [2.75, 3.05) is 0 Å². The number of hydrogen-bond donors (Lipinski definition) is 0. The molecular weight excluding hydrogens is 180 g/mol. The van der Waals surface area contributed by atoms with E-state index in [1.807, 2.05) is 6.08 Å². The van der Waals surface area contributed by atoms with Crippen LogP contribution in [0.5, 0.6) is 0 Å². The SMILES string of the molecule is C=CCc1cccc(C)c1CCCCC. The van der Waals surface area contributed by atoms with Gasteiger partial charge in [-0.1, -0.05) is 44.0 Å². The van der Waals surface area contributed by atoms with Crippen molar-refractivity contribution in [1.29, 1.82) is 0 Å². The fourth-order valence-electron chi connectivity index (χ4n) is 2.02. The Balaban J connectivity index is 2.77. The van der Waals surface area contributed by atoms with Crippen molar-refractivity contribution in [2.24, 2.45) is 0 Å². The minimum atomic E-state index is 1.00. The first kappa shape index (κ1) is 12.0. The van der Waals surface area contributed by atoms with E-state index >= 15 is 0 Å². The number of rotatable bonds is 6. The molecule has 0 aromatic heterocycles. The van der Waals surface area contributed by atoms with E-state index in [0.29, 0.717) is 0 Å². The first-order valence-electron chi connectivity index (χ1n) is 5.97. The molecule has 1 aromatic rings. The molecule has 0 N–H and O–H groups in total. The van der Waals surface area contributed by atoms with E-state index in [0.717, 1.165) is 6.42 Å². The Kier molecular flexibility index (Phi) is 5.17. The van der Waals surface area contributed by atoms with Crippen LogP contribution in [0, 0.1) is 6.92 Å². The fraction of sp³-hybridized carbons (Fsp3) is 0.467. The highest BCUT2D eigenvalue weighted by Gasteiger charge is 2.03. The molecule has 0 aliphatic heterocycles. The van der Waals surface area contributed by atoms with Gasteiger partial charge in [-0.25, -0.2) is 0 Å². The van der Waals surface area contributed by atoms with Crippen LogP contribution in [0.15, 0.2) is 30.9 Å². The maximum absolute atomic E-state index is 3.82. The van der Waals surface area contributed by atoms with Crippen LogP contribution in [0.1, 0.15) is 42.9 Å². The molecule has 0 atom stereocenters. The average molecular weight is 202 g/mol. The molecule has 1 aromatic carbocycles. The molecule has 0 fully saturated rings. The third-order valence-corrected chi connectivity index (χ3v) is 2.90. The van der Waals surface area contributed by atoms with E-state index in [1.54, 1.807) is 5.56 Å². The topological polar surface area (TPSA) is 0 Å². The molecule has 0 heterocycles. The molecule has 0 radical (unpaired) electrons. The van der Waals surface area contributed by atoms with Gasteiger partial charge < -0.3 is 0 Å². The van der Waals surface area contributed by atoms with Gasteiger partial charge in [-0.15, -0.1) is 6.58 Å². The summed E-state index contributed by atoms with van der Waals surface area (Å²) in [4.78, 5) is 0. The summed E-state index contributed by atoms with van der Waals surface area (Å²) in [5.74, 6) is 0. The summed E-state index contributed by atoms with van der Waals surface area (Å²) < 4.78 is 0. The molecule has 0 amide bonds. The van der Waals surface area contributed by atoms with Gasteiger partial charge in [0.15, 0.2) is 0 Å². The lowest BCUT2D eigenvalue weighted by Gasteiger charge is -2.11. The maximum atomic E-state index is 3.82. The van der Waals surface area contributed by atoms with E-state index in [4.69, 9.17) is 0 Å². The number of benzene rings is 1. The molecule has 15 heavy (non-hydrogen) atoms. The standard InChI is InChI=1S/C15H22/c1-4-6-7-12-15-13(3)10-8-11-14(15)9-5-2/h5,8,10-11H,2,4,6-7,9,12H2,1,3H3. The zero-order valence-corrected chi connectivity index (χ0v) is 10.1. The Hall–Kier alpha value is -1.04. The minimum absolute atomic E-state index is 1.00. The Morgan fingerprint density at radius 3 is 2.73 bits per heavy atom. The first-order valence-corrected chi connectivity index (χ1v) is 5.97. The predicted molar refractivity (Wildman–Crippen MR) is 68.3 cm³/mol. The molecule has 0 spiro atoms. The van der Waals surface area contributed by atoms with E-state index in [2.05, 4.69) is 38.6 Å². The van der Waals surface area contributed by atoms with Gasteiger partial charge in [0.05, 0.1) is 0 Å². The Morgan fingerprint density at radius 2 is 2.07 bits per heavy atom. The highest BCUT2D eigenvalue weighted by molar-refractivity contribution is 5.35. The second kappa shape index (κ2) is 6.44. The molecule has 0 unspecified atom stereocenters. The van der Waals surface area contributed by atoms with Crippen molar-refractivity contribution in [3.8, 4) is 0 Å². The third-order valence-electron chi connectivity index (χ3n) is 2.90. The minimum Gasteiger partial charge on any atom is -0.103 e. The first-order chi connectivity index (χ1) is 7.29. The van der Waals surface area contributed by atoms with Crippen LogP contribution in [-0.4, -0.2) is 0 Å². The van der Waals surface area contributed by atoms with Crippen molar-refractivity contribution in [3.63, 3.8) is 0 Å². The number of hydrogen-bond acceptors (Lipinski definition) is 0. The molecular formula is C15H22. The van der Waals surface area contributed by atoms with Gasteiger partial charge >= 0.3 is 0 Å². The summed E-state index contributed by atoms with van der Waals surface area (Å²) in [5, 5.41) is 0. The average Bonchev–Trinajstić information content (AvgIpc) is 2.23. The van der Waals surface area contributed by atoms with Crippen LogP contribution in [0.4, 0.5) is 0 Å². The van der Waals surface area contributed by atoms with Gasteiger partial charge in [0, 0.05) is 0 Å². The molecule has 0 nitrogen and oxygen atoms in total. The fourth-order valence-corrected chi connectivity index (χ4v) is 2.02. The number of aryl methyl sites for hydroxylation is 1. The van der Waals surface area contributed by atoms with Crippen LogP contribution >= 0.6 is 0 Å². The summed E-state index contributed by atoms with van der Waals surface area (Å²) in [6.07, 6.45) is 8.17. The van der Waals surface area contributed by atoms with E-state index < -0.39 is 0 Å². The van der Waals surface area contributed by atoms with Crippen molar-refractivity contribution in [2.45, 2.75) is 46.0 Å². The summed E-state index contributed by atoms with van der Waals surface area (Å²) in [6, 6.07) is 6.60. The summed E-state index contributed by atoms with van der Waals surface area (Å²) in [6.45, 7) is 8.29. The van der Waals surface area contributed by atoms with Gasteiger partial charge in [0.25, 0.3) is 0 Å². The predicted octanol–water partition coefficient (Wildman–Crippen LogP) is 4.46. The van der Waals surface area contributed by atoms with E-state index in [-0.39, 0.29) is 0 Å². The lowest BCUT2D eigenvalue weighted by Crippen LogP contribution is -1.96.